The van der Waals surface area contributed by atoms with Gasteiger partial charge in [-0.3, -0.25) is 9.59 Å². The Morgan fingerprint density at radius 2 is 2.00 bits per heavy atom. The molecule has 2 N–H and O–H groups in total. The van der Waals surface area contributed by atoms with Crippen LogP contribution in [0.25, 0.3) is 11.0 Å². The zero-order chi connectivity index (χ0) is 13.9. The molecule has 5 heteroatoms. The van der Waals surface area contributed by atoms with Crippen molar-refractivity contribution in [1.82, 2.24) is 15.3 Å². The summed E-state index contributed by atoms with van der Waals surface area (Å²) < 4.78 is 0. The van der Waals surface area contributed by atoms with Gasteiger partial charge in [0.25, 0.3) is 0 Å². The smallest absolute Gasteiger partial charge is 0.249 e. The molecule has 104 valence electrons. The Bertz CT molecular complexity index is 687. The first-order chi connectivity index (χ1) is 9.72. The maximum atomic E-state index is 11.9. The van der Waals surface area contributed by atoms with Gasteiger partial charge in [-0.2, -0.15) is 0 Å². The van der Waals surface area contributed by atoms with E-state index in [2.05, 4.69) is 15.3 Å². The zero-order valence-corrected chi connectivity index (χ0v) is 11.2. The molecular weight excluding hydrogens is 254 g/mol. The Morgan fingerprint density at radius 1 is 1.25 bits per heavy atom. The average Bonchev–Trinajstić information content (AvgIpc) is 2.98. The largest absolute Gasteiger partial charge is 0.350 e. The van der Waals surface area contributed by atoms with E-state index in [-0.39, 0.29) is 17.4 Å². The van der Waals surface area contributed by atoms with E-state index >= 15 is 0 Å². The van der Waals surface area contributed by atoms with Crippen molar-refractivity contribution in [3.63, 3.8) is 0 Å². The van der Waals surface area contributed by atoms with Crippen LogP contribution in [0, 0.1) is 5.92 Å². The van der Waals surface area contributed by atoms with Crippen LogP contribution in [-0.2, 0) is 11.3 Å². The summed E-state index contributed by atoms with van der Waals surface area (Å²) in [4.78, 5) is 30.3. The number of hydrogen-bond donors (Lipinski definition) is 2. The van der Waals surface area contributed by atoms with E-state index in [4.69, 9.17) is 0 Å². The van der Waals surface area contributed by atoms with Crippen LogP contribution in [-0.4, -0.2) is 15.9 Å². The number of nitrogens with one attached hydrogen (secondary N) is 2. The third kappa shape index (κ3) is 2.71. The summed E-state index contributed by atoms with van der Waals surface area (Å²) in [6, 6.07) is 6.98. The van der Waals surface area contributed by atoms with Crippen molar-refractivity contribution in [2.24, 2.45) is 5.92 Å². The summed E-state index contributed by atoms with van der Waals surface area (Å²) in [5, 5.41) is 3.81. The number of aromatic nitrogens is 2. The van der Waals surface area contributed by atoms with Crippen molar-refractivity contribution in [1.29, 1.82) is 0 Å². The Morgan fingerprint density at radius 3 is 2.80 bits per heavy atom. The molecule has 20 heavy (non-hydrogen) atoms. The quantitative estimate of drug-likeness (QED) is 0.892. The number of carbonyl (C=O) groups excluding carboxylic acids is 1. The molecule has 0 atom stereocenters. The second-order valence-electron chi connectivity index (χ2n) is 5.26. The molecule has 2 heterocycles. The molecule has 1 aliphatic rings. The number of rotatable bonds is 3. The van der Waals surface area contributed by atoms with Crippen LogP contribution in [0.15, 0.2) is 29.1 Å². The topological polar surface area (TPSA) is 74.8 Å². The molecule has 1 saturated carbocycles. The highest BCUT2D eigenvalue weighted by molar-refractivity contribution is 5.79. The minimum atomic E-state index is -0.169. The van der Waals surface area contributed by atoms with Gasteiger partial charge in [-0.15, -0.1) is 0 Å². The van der Waals surface area contributed by atoms with Gasteiger partial charge in [0.05, 0.1) is 12.2 Å². The van der Waals surface area contributed by atoms with Crippen molar-refractivity contribution in [2.75, 3.05) is 0 Å². The van der Waals surface area contributed by atoms with Crippen molar-refractivity contribution >= 4 is 16.9 Å². The fourth-order valence-electron chi connectivity index (χ4n) is 2.68. The Hall–Kier alpha value is -2.17. The molecule has 2 aromatic rings. The highest BCUT2D eigenvalue weighted by Crippen LogP contribution is 2.24. The molecule has 0 saturated heterocycles. The van der Waals surface area contributed by atoms with Crippen LogP contribution in [0.4, 0.5) is 0 Å². The second-order valence-corrected chi connectivity index (χ2v) is 5.26. The second kappa shape index (κ2) is 5.45. The molecule has 0 bridgehead atoms. The molecular formula is C15H17N3O2. The molecule has 0 unspecified atom stereocenters. The monoisotopic (exact) mass is 271 g/mol. The van der Waals surface area contributed by atoms with Gasteiger partial charge >= 0.3 is 0 Å². The highest BCUT2D eigenvalue weighted by atomic mass is 16.2. The number of fused-ring (bicyclic) bond motifs is 1. The predicted molar refractivity (Wildman–Crippen MR) is 76.2 cm³/mol. The summed E-state index contributed by atoms with van der Waals surface area (Å²) in [6.45, 7) is 0.405. The molecule has 1 fully saturated rings. The molecule has 0 aliphatic heterocycles. The van der Waals surface area contributed by atoms with Crippen LogP contribution in [0.2, 0.25) is 0 Å². The molecule has 3 rings (SSSR count). The molecule has 0 aromatic carbocycles. The SMILES string of the molecule is O=C(NCc1ccc2ccc(=O)[nH]c2n1)C1CCCC1. The predicted octanol–water partition coefficient (Wildman–Crippen LogP) is 1.73. The number of pyridine rings is 2. The highest BCUT2D eigenvalue weighted by Gasteiger charge is 2.22. The van der Waals surface area contributed by atoms with Crippen LogP contribution in [0.3, 0.4) is 0 Å². The molecule has 2 aromatic heterocycles. The number of hydrogen-bond acceptors (Lipinski definition) is 3. The summed E-state index contributed by atoms with van der Waals surface area (Å²) in [7, 11) is 0. The van der Waals surface area contributed by atoms with Crippen LogP contribution in [0.1, 0.15) is 31.4 Å². The van der Waals surface area contributed by atoms with E-state index in [1.54, 1.807) is 6.07 Å². The number of nitrogens with zero attached hydrogens (tertiary/aromatic N) is 1. The van der Waals surface area contributed by atoms with E-state index < -0.39 is 0 Å². The van der Waals surface area contributed by atoms with Gasteiger partial charge in [-0.25, -0.2) is 4.98 Å². The summed E-state index contributed by atoms with van der Waals surface area (Å²) >= 11 is 0. The van der Waals surface area contributed by atoms with Gasteiger partial charge in [-0.05, 0) is 31.0 Å². The lowest BCUT2D eigenvalue weighted by molar-refractivity contribution is -0.124. The summed E-state index contributed by atoms with van der Waals surface area (Å²) in [5.41, 5.74) is 1.15. The molecule has 1 aliphatic carbocycles. The van der Waals surface area contributed by atoms with E-state index in [9.17, 15) is 9.59 Å². The van der Waals surface area contributed by atoms with E-state index in [0.717, 1.165) is 36.8 Å². The fourth-order valence-corrected chi connectivity index (χ4v) is 2.68. The summed E-state index contributed by atoms with van der Waals surface area (Å²) in [6.07, 6.45) is 4.27. The lowest BCUT2D eigenvalue weighted by atomic mass is 10.1. The van der Waals surface area contributed by atoms with Crippen LogP contribution >= 0.6 is 0 Å². The third-order valence-electron chi connectivity index (χ3n) is 3.81. The van der Waals surface area contributed by atoms with Crippen molar-refractivity contribution in [3.8, 4) is 0 Å². The minimum absolute atomic E-state index is 0.117. The Kier molecular flexibility index (Phi) is 3.50. The van der Waals surface area contributed by atoms with Gasteiger partial charge in [0, 0.05) is 17.4 Å². The van der Waals surface area contributed by atoms with Gasteiger partial charge in [-0.1, -0.05) is 12.8 Å². The van der Waals surface area contributed by atoms with Gasteiger partial charge < -0.3 is 10.3 Å². The van der Waals surface area contributed by atoms with Crippen molar-refractivity contribution in [2.45, 2.75) is 32.2 Å². The van der Waals surface area contributed by atoms with Gasteiger partial charge in [0.2, 0.25) is 11.5 Å². The first-order valence-electron chi connectivity index (χ1n) is 6.99. The first-order valence-corrected chi connectivity index (χ1v) is 6.99. The average molecular weight is 271 g/mol. The molecule has 5 nitrogen and oxygen atoms in total. The van der Waals surface area contributed by atoms with E-state index in [0.29, 0.717) is 12.2 Å². The lowest BCUT2D eigenvalue weighted by Gasteiger charge is -2.10. The normalized spacial score (nSPS) is 15.6. The first kappa shape index (κ1) is 12.8. The minimum Gasteiger partial charge on any atom is -0.350 e. The van der Waals surface area contributed by atoms with Gasteiger partial charge in [0.15, 0.2) is 0 Å². The maximum absolute atomic E-state index is 11.9. The zero-order valence-electron chi connectivity index (χ0n) is 11.2. The number of amides is 1. The van der Waals surface area contributed by atoms with Crippen LogP contribution < -0.4 is 10.9 Å². The lowest BCUT2D eigenvalue weighted by Crippen LogP contribution is -2.29. The van der Waals surface area contributed by atoms with Crippen molar-refractivity contribution in [3.05, 3.63) is 40.3 Å². The Balaban J connectivity index is 1.71. The number of H-pyrrole nitrogens is 1. The summed E-state index contributed by atoms with van der Waals surface area (Å²) in [5.74, 6) is 0.279. The van der Waals surface area contributed by atoms with Crippen molar-refractivity contribution < 1.29 is 4.79 Å². The molecule has 0 spiro atoms. The Labute approximate surface area is 116 Å². The number of carbonyl (C=O) groups is 1. The molecule has 0 radical (unpaired) electrons. The van der Waals surface area contributed by atoms with E-state index in [1.807, 2.05) is 12.1 Å². The fraction of sp³-hybridized carbons (Fsp3) is 0.400. The standard InChI is InChI=1S/C15H17N3O2/c19-13-8-6-10-5-7-12(17-14(10)18-13)9-16-15(20)11-3-1-2-4-11/h5-8,11H,1-4,9H2,(H,16,20)(H,17,18,19). The number of aromatic amines is 1. The van der Waals surface area contributed by atoms with Crippen LogP contribution in [0.5, 0.6) is 0 Å². The van der Waals surface area contributed by atoms with Gasteiger partial charge in [0.1, 0.15) is 5.65 Å². The maximum Gasteiger partial charge on any atom is 0.249 e. The van der Waals surface area contributed by atoms with E-state index in [1.165, 1.54) is 6.07 Å². The third-order valence-corrected chi connectivity index (χ3v) is 3.81. The molecule has 1 amide bonds.